The van der Waals surface area contributed by atoms with Crippen LogP contribution in [0.25, 0.3) is 10.9 Å². The van der Waals surface area contributed by atoms with Gasteiger partial charge in [-0.15, -0.1) is 0 Å². The predicted octanol–water partition coefficient (Wildman–Crippen LogP) is 3.59. The molecule has 0 aliphatic carbocycles. The summed E-state index contributed by atoms with van der Waals surface area (Å²) in [6, 6.07) is 14.9. The Balaban J connectivity index is 1.56. The fourth-order valence-electron chi connectivity index (χ4n) is 3.87. The quantitative estimate of drug-likeness (QED) is 0.660. The van der Waals surface area contributed by atoms with E-state index in [1.165, 1.54) is 17.7 Å². The van der Waals surface area contributed by atoms with E-state index < -0.39 is 5.97 Å². The highest BCUT2D eigenvalue weighted by molar-refractivity contribution is 7.71. The maximum atomic E-state index is 13.0. The minimum atomic E-state index is -1.03. The second-order valence-electron chi connectivity index (χ2n) is 7.16. The van der Waals surface area contributed by atoms with Crippen molar-refractivity contribution < 1.29 is 9.90 Å². The van der Waals surface area contributed by atoms with Crippen LogP contribution in [0, 0.1) is 4.77 Å². The van der Waals surface area contributed by atoms with Crippen LogP contribution in [0.15, 0.2) is 53.3 Å². The van der Waals surface area contributed by atoms with Crippen LogP contribution in [0.4, 0.5) is 0 Å². The third-order valence-electron chi connectivity index (χ3n) is 5.35. The number of aromatic nitrogens is 2. The molecule has 2 heterocycles. The zero-order valence-electron chi connectivity index (χ0n) is 15.3. The van der Waals surface area contributed by atoms with Gasteiger partial charge in [-0.25, -0.2) is 4.79 Å². The van der Waals surface area contributed by atoms with Gasteiger partial charge in [0.25, 0.3) is 5.56 Å². The van der Waals surface area contributed by atoms with E-state index in [2.05, 4.69) is 22.0 Å². The molecule has 0 unspecified atom stereocenters. The molecule has 1 aliphatic heterocycles. The first-order valence-corrected chi connectivity index (χ1v) is 9.72. The maximum Gasteiger partial charge on any atom is 0.335 e. The summed E-state index contributed by atoms with van der Waals surface area (Å²) in [5, 5.41) is 9.61. The van der Waals surface area contributed by atoms with Crippen LogP contribution < -0.4 is 5.56 Å². The van der Waals surface area contributed by atoms with Gasteiger partial charge in [0.15, 0.2) is 4.77 Å². The number of H-pyrrole nitrogens is 1. The van der Waals surface area contributed by atoms with Gasteiger partial charge in [-0.1, -0.05) is 30.3 Å². The number of carboxylic acids is 1. The summed E-state index contributed by atoms with van der Waals surface area (Å²) in [7, 11) is 0. The molecule has 1 aliphatic rings. The highest BCUT2D eigenvalue weighted by Gasteiger charge is 2.23. The second-order valence-corrected chi connectivity index (χ2v) is 7.55. The van der Waals surface area contributed by atoms with E-state index >= 15 is 0 Å². The molecule has 0 bridgehead atoms. The van der Waals surface area contributed by atoms with Gasteiger partial charge in [0, 0.05) is 25.7 Å². The summed E-state index contributed by atoms with van der Waals surface area (Å²) in [5.41, 5.74) is 1.73. The van der Waals surface area contributed by atoms with Gasteiger partial charge in [-0.05, 0) is 48.8 Å². The molecule has 6 nitrogen and oxygen atoms in total. The Labute approximate surface area is 167 Å². The first-order valence-electron chi connectivity index (χ1n) is 9.31. The summed E-state index contributed by atoms with van der Waals surface area (Å²) in [4.78, 5) is 29.6. The van der Waals surface area contributed by atoms with Crippen LogP contribution in [-0.2, 0) is 6.54 Å². The van der Waals surface area contributed by atoms with Crippen molar-refractivity contribution in [1.82, 2.24) is 14.5 Å². The lowest BCUT2D eigenvalue weighted by Gasteiger charge is -2.32. The van der Waals surface area contributed by atoms with Gasteiger partial charge in [0.2, 0.25) is 0 Å². The Morgan fingerprint density at radius 3 is 2.54 bits per heavy atom. The maximum absolute atomic E-state index is 13.0. The molecule has 0 spiro atoms. The molecular weight excluding hydrogens is 374 g/mol. The van der Waals surface area contributed by atoms with Crippen LogP contribution >= 0.6 is 12.2 Å². The van der Waals surface area contributed by atoms with Crippen LogP contribution in [0.5, 0.6) is 0 Å². The fraction of sp³-hybridized carbons (Fsp3) is 0.286. The van der Waals surface area contributed by atoms with E-state index in [-0.39, 0.29) is 17.2 Å². The molecular formula is C21H21N3O3S. The van der Waals surface area contributed by atoms with Crippen molar-refractivity contribution in [3.63, 3.8) is 0 Å². The molecule has 2 aromatic carbocycles. The summed E-state index contributed by atoms with van der Waals surface area (Å²) in [6.07, 6.45) is 1.70. The summed E-state index contributed by atoms with van der Waals surface area (Å²) in [5.74, 6) is -1.03. The van der Waals surface area contributed by atoms with Crippen molar-refractivity contribution in [2.75, 3.05) is 13.1 Å². The van der Waals surface area contributed by atoms with Crippen molar-refractivity contribution in [2.24, 2.45) is 0 Å². The summed E-state index contributed by atoms with van der Waals surface area (Å²) < 4.78 is 2.01. The molecule has 28 heavy (non-hydrogen) atoms. The molecule has 0 amide bonds. The Bertz CT molecular complexity index is 1130. The monoisotopic (exact) mass is 395 g/mol. The number of carbonyl (C=O) groups is 1. The van der Waals surface area contributed by atoms with E-state index in [0.29, 0.717) is 15.7 Å². The van der Waals surface area contributed by atoms with E-state index in [9.17, 15) is 9.59 Å². The molecule has 144 valence electrons. The van der Waals surface area contributed by atoms with Crippen molar-refractivity contribution in [3.05, 3.63) is 74.8 Å². The first kappa shape index (κ1) is 18.6. The van der Waals surface area contributed by atoms with Gasteiger partial charge in [-0.3, -0.25) is 14.3 Å². The number of nitrogens with zero attached hydrogens (tertiary/aromatic N) is 2. The number of fused-ring (bicyclic) bond motifs is 1. The van der Waals surface area contributed by atoms with E-state index in [4.69, 9.17) is 17.3 Å². The number of nitrogens with one attached hydrogen (secondary N) is 1. The lowest BCUT2D eigenvalue weighted by molar-refractivity contribution is 0.0697. The molecule has 0 saturated carbocycles. The number of rotatable bonds is 4. The second kappa shape index (κ2) is 7.69. The highest BCUT2D eigenvalue weighted by atomic mass is 32.1. The number of carboxylic acid groups (broad SMARTS) is 1. The largest absolute Gasteiger partial charge is 0.478 e. The zero-order chi connectivity index (χ0) is 19.7. The normalized spacial score (nSPS) is 15.7. The smallest absolute Gasteiger partial charge is 0.335 e. The van der Waals surface area contributed by atoms with Crippen molar-refractivity contribution in [2.45, 2.75) is 25.4 Å². The third-order valence-corrected chi connectivity index (χ3v) is 5.65. The molecule has 3 aromatic rings. The lowest BCUT2D eigenvalue weighted by atomic mass is 10.0. The highest BCUT2D eigenvalue weighted by Crippen LogP contribution is 2.23. The van der Waals surface area contributed by atoms with E-state index in [0.717, 1.165) is 32.5 Å². The lowest BCUT2D eigenvalue weighted by Crippen LogP contribution is -2.37. The van der Waals surface area contributed by atoms with Crippen molar-refractivity contribution >= 4 is 29.1 Å². The van der Waals surface area contributed by atoms with Gasteiger partial charge in [0.05, 0.1) is 16.5 Å². The topological polar surface area (TPSA) is 78.3 Å². The number of benzene rings is 2. The first-order chi connectivity index (χ1) is 13.5. The standard InChI is InChI=1S/C21H21N3O3S/c25-19-17-7-6-15(20(26)27)12-18(17)22-21(28)24(19)16-8-10-23(11-9-16)13-14-4-2-1-3-5-14/h1-7,12,16H,8-11,13H2,(H,22,28)(H,26,27). The number of hydrogen-bond acceptors (Lipinski definition) is 4. The third kappa shape index (κ3) is 3.63. The number of piperidine rings is 1. The molecule has 2 N–H and O–H groups in total. The Hall–Kier alpha value is -2.77. The molecule has 4 rings (SSSR count). The van der Waals surface area contributed by atoms with E-state index in [1.54, 1.807) is 10.6 Å². The summed E-state index contributed by atoms with van der Waals surface area (Å²) in [6.45, 7) is 2.71. The van der Waals surface area contributed by atoms with Gasteiger partial charge >= 0.3 is 5.97 Å². The van der Waals surface area contributed by atoms with Crippen LogP contribution in [0.2, 0.25) is 0 Å². The van der Waals surface area contributed by atoms with Crippen molar-refractivity contribution in [3.8, 4) is 0 Å². The van der Waals surface area contributed by atoms with E-state index in [1.807, 2.05) is 18.2 Å². The zero-order valence-corrected chi connectivity index (χ0v) is 16.1. The van der Waals surface area contributed by atoms with Gasteiger partial charge in [-0.2, -0.15) is 0 Å². The molecule has 7 heteroatoms. The SMILES string of the molecule is O=C(O)c1ccc2c(=O)n(C3CCN(Cc4ccccc4)CC3)c(=S)[nH]c2c1. The Kier molecular flexibility index (Phi) is 5.11. The molecule has 1 saturated heterocycles. The molecule has 1 fully saturated rings. The Morgan fingerprint density at radius 1 is 1.14 bits per heavy atom. The van der Waals surface area contributed by atoms with Crippen LogP contribution in [-0.4, -0.2) is 38.6 Å². The minimum absolute atomic E-state index is 0.0480. The molecule has 0 radical (unpaired) electrons. The minimum Gasteiger partial charge on any atom is -0.478 e. The predicted molar refractivity (Wildman–Crippen MR) is 110 cm³/mol. The Morgan fingerprint density at radius 2 is 1.86 bits per heavy atom. The molecule has 1 aromatic heterocycles. The fourth-order valence-corrected chi connectivity index (χ4v) is 4.22. The van der Waals surface area contributed by atoms with Crippen LogP contribution in [0.3, 0.4) is 0 Å². The summed E-state index contributed by atoms with van der Waals surface area (Å²) >= 11 is 5.44. The van der Waals surface area contributed by atoms with Crippen LogP contribution in [0.1, 0.15) is 34.8 Å². The number of aromatic amines is 1. The molecule has 0 atom stereocenters. The average molecular weight is 395 g/mol. The average Bonchev–Trinajstić information content (AvgIpc) is 2.69. The van der Waals surface area contributed by atoms with Gasteiger partial charge in [0.1, 0.15) is 0 Å². The number of aromatic carboxylic acids is 1. The van der Waals surface area contributed by atoms with Gasteiger partial charge < -0.3 is 10.1 Å². The van der Waals surface area contributed by atoms with Crippen molar-refractivity contribution in [1.29, 1.82) is 0 Å². The number of likely N-dealkylation sites (tertiary alicyclic amines) is 1. The number of hydrogen-bond donors (Lipinski definition) is 2.